The Kier molecular flexibility index (Phi) is 4.92. The summed E-state index contributed by atoms with van der Waals surface area (Å²) in [7, 11) is 0. The number of aromatic amines is 1. The molecule has 1 aromatic carbocycles. The number of H-pyrrole nitrogens is 1. The van der Waals surface area contributed by atoms with Crippen LogP contribution in [0.1, 0.15) is 29.7 Å². The van der Waals surface area contributed by atoms with E-state index in [1.54, 1.807) is 6.92 Å². The van der Waals surface area contributed by atoms with Crippen LogP contribution in [-0.2, 0) is 22.6 Å². The van der Waals surface area contributed by atoms with Crippen molar-refractivity contribution in [1.82, 2.24) is 15.2 Å². The predicted molar refractivity (Wildman–Crippen MR) is 77.0 cm³/mol. The Balaban J connectivity index is 1.90. The number of nitrogens with one attached hydrogen (secondary N) is 1. The minimum Gasteiger partial charge on any atom is -0.486 e. The van der Waals surface area contributed by atoms with E-state index in [4.69, 9.17) is 9.47 Å². The van der Waals surface area contributed by atoms with Crippen molar-refractivity contribution in [2.45, 2.75) is 33.8 Å². The van der Waals surface area contributed by atoms with Gasteiger partial charge in [-0.2, -0.15) is 5.10 Å². The van der Waals surface area contributed by atoms with E-state index < -0.39 is 0 Å². The molecular weight excluding hydrogens is 270 g/mol. The Bertz CT molecular complexity index is 622. The smallest absolute Gasteiger partial charge is 0.313 e. The zero-order valence-electron chi connectivity index (χ0n) is 12.5. The Morgan fingerprint density at radius 3 is 2.81 bits per heavy atom. The second-order valence-corrected chi connectivity index (χ2v) is 4.71. The molecule has 6 heteroatoms. The molecule has 21 heavy (non-hydrogen) atoms. The molecule has 0 atom stereocenters. The number of aryl methyl sites for hydroxylation is 2. The number of carbonyl (C=O) groups is 1. The molecule has 0 aliphatic heterocycles. The van der Waals surface area contributed by atoms with Crippen molar-refractivity contribution in [2.75, 3.05) is 6.61 Å². The van der Waals surface area contributed by atoms with Crippen LogP contribution in [0.4, 0.5) is 0 Å². The van der Waals surface area contributed by atoms with Gasteiger partial charge in [0.2, 0.25) is 0 Å². The second-order valence-electron chi connectivity index (χ2n) is 4.71. The average Bonchev–Trinajstić information content (AvgIpc) is 2.88. The number of ether oxygens (including phenoxy) is 2. The first-order valence-electron chi connectivity index (χ1n) is 6.84. The number of aromatic nitrogens is 3. The number of hydrogen-bond donors (Lipinski definition) is 1. The van der Waals surface area contributed by atoms with Crippen LogP contribution in [0, 0.1) is 13.8 Å². The van der Waals surface area contributed by atoms with Gasteiger partial charge < -0.3 is 9.47 Å². The molecular formula is C15H19N3O3. The molecule has 0 saturated heterocycles. The van der Waals surface area contributed by atoms with Gasteiger partial charge in [0.25, 0.3) is 0 Å². The van der Waals surface area contributed by atoms with Gasteiger partial charge in [0.05, 0.1) is 6.61 Å². The number of carbonyl (C=O) groups excluding carboxylic acids is 1. The highest BCUT2D eigenvalue weighted by atomic mass is 16.5. The van der Waals surface area contributed by atoms with Gasteiger partial charge in [-0.15, -0.1) is 0 Å². The summed E-state index contributed by atoms with van der Waals surface area (Å²) in [6.07, 6.45) is 0.0635. The van der Waals surface area contributed by atoms with Gasteiger partial charge in [0.15, 0.2) is 11.6 Å². The van der Waals surface area contributed by atoms with Crippen molar-refractivity contribution < 1.29 is 14.3 Å². The summed E-state index contributed by atoms with van der Waals surface area (Å²) in [5, 5.41) is 6.72. The van der Waals surface area contributed by atoms with Gasteiger partial charge in [-0.25, -0.2) is 4.98 Å². The second kappa shape index (κ2) is 6.88. The van der Waals surface area contributed by atoms with E-state index in [-0.39, 0.29) is 19.0 Å². The Labute approximate surface area is 123 Å². The molecule has 0 fully saturated rings. The lowest BCUT2D eigenvalue weighted by Gasteiger charge is -2.06. The van der Waals surface area contributed by atoms with E-state index in [2.05, 4.69) is 22.1 Å². The summed E-state index contributed by atoms with van der Waals surface area (Å²) in [5.74, 6) is 1.43. The fourth-order valence-electron chi connectivity index (χ4n) is 1.77. The normalized spacial score (nSPS) is 10.4. The number of esters is 1. The summed E-state index contributed by atoms with van der Waals surface area (Å²) in [6, 6.07) is 5.90. The van der Waals surface area contributed by atoms with Gasteiger partial charge in [-0.3, -0.25) is 9.89 Å². The molecule has 0 amide bonds. The van der Waals surface area contributed by atoms with E-state index in [1.165, 1.54) is 11.1 Å². The number of nitrogens with zero attached hydrogens (tertiary/aromatic N) is 2. The lowest BCUT2D eigenvalue weighted by Crippen LogP contribution is -2.08. The summed E-state index contributed by atoms with van der Waals surface area (Å²) in [6.45, 7) is 6.48. The maximum atomic E-state index is 11.3. The van der Waals surface area contributed by atoms with E-state index in [1.807, 2.05) is 25.1 Å². The summed E-state index contributed by atoms with van der Waals surface area (Å²) >= 11 is 0. The van der Waals surface area contributed by atoms with Gasteiger partial charge >= 0.3 is 5.97 Å². The number of benzene rings is 1. The van der Waals surface area contributed by atoms with Crippen LogP contribution < -0.4 is 4.74 Å². The fourth-order valence-corrected chi connectivity index (χ4v) is 1.77. The maximum Gasteiger partial charge on any atom is 0.313 e. The molecule has 2 aromatic rings. The van der Waals surface area contributed by atoms with Crippen LogP contribution in [0.25, 0.3) is 0 Å². The molecule has 0 spiro atoms. The molecule has 0 unspecified atom stereocenters. The van der Waals surface area contributed by atoms with E-state index in [0.717, 1.165) is 5.75 Å². The molecule has 2 rings (SSSR count). The minimum atomic E-state index is -0.335. The lowest BCUT2D eigenvalue weighted by molar-refractivity contribution is -0.142. The van der Waals surface area contributed by atoms with Crippen LogP contribution in [0.15, 0.2) is 18.2 Å². The van der Waals surface area contributed by atoms with E-state index in [9.17, 15) is 4.79 Å². The van der Waals surface area contributed by atoms with Crippen molar-refractivity contribution in [2.24, 2.45) is 0 Å². The highest BCUT2D eigenvalue weighted by molar-refractivity contribution is 5.71. The van der Waals surface area contributed by atoms with Gasteiger partial charge in [-0.05, 0) is 44.0 Å². The third kappa shape index (κ3) is 4.30. The van der Waals surface area contributed by atoms with Gasteiger partial charge in [0.1, 0.15) is 18.8 Å². The highest BCUT2D eigenvalue weighted by Crippen LogP contribution is 2.17. The highest BCUT2D eigenvalue weighted by Gasteiger charge is 2.10. The Hall–Kier alpha value is -2.37. The average molecular weight is 289 g/mol. The number of rotatable bonds is 6. The molecule has 0 aliphatic carbocycles. The molecule has 112 valence electrons. The molecule has 1 heterocycles. The SMILES string of the molecule is CCOC(=O)Cc1n[nH]c(COc2ccc(C)c(C)c2)n1. The molecule has 0 saturated carbocycles. The zero-order chi connectivity index (χ0) is 15.2. The predicted octanol–water partition coefficient (Wildman–Crippen LogP) is 2.11. The van der Waals surface area contributed by atoms with Crippen molar-refractivity contribution in [3.63, 3.8) is 0 Å². The lowest BCUT2D eigenvalue weighted by atomic mass is 10.1. The quantitative estimate of drug-likeness (QED) is 0.824. The first kappa shape index (κ1) is 15.0. The molecule has 0 aliphatic rings. The molecule has 1 aromatic heterocycles. The topological polar surface area (TPSA) is 77.1 Å². The molecule has 1 N–H and O–H groups in total. The van der Waals surface area contributed by atoms with Crippen molar-refractivity contribution in [1.29, 1.82) is 0 Å². The van der Waals surface area contributed by atoms with Crippen LogP contribution in [0.3, 0.4) is 0 Å². The number of hydrogen-bond acceptors (Lipinski definition) is 5. The van der Waals surface area contributed by atoms with Crippen molar-refractivity contribution in [3.8, 4) is 5.75 Å². The monoisotopic (exact) mass is 289 g/mol. The summed E-state index contributed by atoms with van der Waals surface area (Å²) in [5.41, 5.74) is 2.40. The zero-order valence-corrected chi connectivity index (χ0v) is 12.5. The van der Waals surface area contributed by atoms with Crippen LogP contribution >= 0.6 is 0 Å². The van der Waals surface area contributed by atoms with Crippen LogP contribution in [-0.4, -0.2) is 27.8 Å². The van der Waals surface area contributed by atoms with Crippen molar-refractivity contribution >= 4 is 5.97 Å². The van der Waals surface area contributed by atoms with Gasteiger partial charge in [0, 0.05) is 0 Å². The third-order valence-electron chi connectivity index (χ3n) is 3.04. The minimum absolute atomic E-state index is 0.0635. The van der Waals surface area contributed by atoms with Crippen LogP contribution in [0.5, 0.6) is 5.75 Å². The van der Waals surface area contributed by atoms with Crippen molar-refractivity contribution in [3.05, 3.63) is 41.0 Å². The Morgan fingerprint density at radius 1 is 1.29 bits per heavy atom. The third-order valence-corrected chi connectivity index (χ3v) is 3.04. The summed E-state index contributed by atoms with van der Waals surface area (Å²) in [4.78, 5) is 15.5. The summed E-state index contributed by atoms with van der Waals surface area (Å²) < 4.78 is 10.5. The van der Waals surface area contributed by atoms with Gasteiger partial charge in [-0.1, -0.05) is 6.07 Å². The molecule has 0 radical (unpaired) electrons. The van der Waals surface area contributed by atoms with Crippen LogP contribution in [0.2, 0.25) is 0 Å². The Morgan fingerprint density at radius 2 is 2.10 bits per heavy atom. The van der Waals surface area contributed by atoms with E-state index >= 15 is 0 Å². The fraction of sp³-hybridized carbons (Fsp3) is 0.400. The maximum absolute atomic E-state index is 11.3. The first-order chi connectivity index (χ1) is 10.1. The standard InChI is InChI=1S/C15H19N3O3/c1-4-20-15(19)8-13-16-14(18-17-13)9-21-12-6-5-10(2)11(3)7-12/h5-7H,4,8-9H2,1-3H3,(H,16,17,18). The molecule has 0 bridgehead atoms. The largest absolute Gasteiger partial charge is 0.486 e. The molecule has 6 nitrogen and oxygen atoms in total. The first-order valence-corrected chi connectivity index (χ1v) is 6.84. The van der Waals surface area contributed by atoms with E-state index in [0.29, 0.717) is 18.3 Å².